The Morgan fingerprint density at radius 3 is 2.71 bits per heavy atom. The van der Waals surface area contributed by atoms with Gasteiger partial charge in [-0.1, -0.05) is 43.3 Å². The van der Waals surface area contributed by atoms with E-state index in [-0.39, 0.29) is 5.54 Å². The van der Waals surface area contributed by atoms with Crippen molar-refractivity contribution in [1.82, 2.24) is 19.4 Å². The molecule has 1 aromatic carbocycles. The molecule has 0 radical (unpaired) electrons. The van der Waals surface area contributed by atoms with Crippen molar-refractivity contribution in [2.75, 3.05) is 26.2 Å². The number of likely N-dealkylation sites (N-methyl/N-ethyl adjacent to an activating group) is 1. The number of imidazole rings is 1. The monoisotopic (exact) mass is 392 g/mol. The Balaban J connectivity index is 1.51. The first-order valence-electron chi connectivity index (χ1n) is 10.4. The van der Waals surface area contributed by atoms with Crippen molar-refractivity contribution in [3.63, 3.8) is 0 Å². The van der Waals surface area contributed by atoms with E-state index in [9.17, 15) is 0 Å². The molecule has 0 amide bonds. The maximum Gasteiger partial charge on any atom is 0.0962 e. The number of fused-ring (bicyclic) bond motifs is 2. The Morgan fingerprint density at radius 1 is 1.07 bits per heavy atom. The van der Waals surface area contributed by atoms with Crippen LogP contribution in [0.4, 0.5) is 0 Å². The molecule has 0 bridgehead atoms. The van der Waals surface area contributed by atoms with Gasteiger partial charge in [0, 0.05) is 36.6 Å². The molecular formula is C23H28N4S. The van der Waals surface area contributed by atoms with Crippen LogP contribution in [0.5, 0.6) is 0 Å². The fraction of sp³-hybridized carbons (Fsp3) is 0.435. The van der Waals surface area contributed by atoms with Crippen LogP contribution >= 0.6 is 11.3 Å². The summed E-state index contributed by atoms with van der Waals surface area (Å²) >= 11 is 1.87. The van der Waals surface area contributed by atoms with Gasteiger partial charge in [-0.15, -0.1) is 11.3 Å². The maximum atomic E-state index is 4.91. The van der Waals surface area contributed by atoms with Gasteiger partial charge in [0.25, 0.3) is 0 Å². The zero-order valence-corrected chi connectivity index (χ0v) is 17.4. The molecule has 3 aromatic rings. The second-order valence-electron chi connectivity index (χ2n) is 8.20. The molecule has 1 saturated heterocycles. The molecule has 1 atom stereocenters. The Kier molecular flexibility index (Phi) is 4.83. The fourth-order valence-electron chi connectivity index (χ4n) is 5.04. The lowest BCUT2D eigenvalue weighted by molar-refractivity contribution is 0.0302. The largest absolute Gasteiger partial charge is 0.324 e. The number of nitrogens with zero attached hydrogens (tertiary/aromatic N) is 4. The molecule has 28 heavy (non-hydrogen) atoms. The smallest absolute Gasteiger partial charge is 0.0962 e. The second-order valence-corrected chi connectivity index (χ2v) is 9.23. The molecule has 0 N–H and O–H groups in total. The van der Waals surface area contributed by atoms with Gasteiger partial charge in [-0.05, 0) is 37.4 Å². The lowest BCUT2D eigenvalue weighted by Crippen LogP contribution is -2.58. The van der Waals surface area contributed by atoms with E-state index in [0.29, 0.717) is 0 Å². The number of hydrogen-bond acceptors (Lipinski definition) is 4. The molecule has 4 nitrogen and oxygen atoms in total. The van der Waals surface area contributed by atoms with Crippen LogP contribution in [0.15, 0.2) is 54.2 Å². The second kappa shape index (κ2) is 7.47. The molecule has 2 aliphatic heterocycles. The molecule has 1 spiro atoms. The first-order valence-corrected chi connectivity index (χ1v) is 11.2. The molecule has 0 aliphatic carbocycles. The molecule has 5 heteroatoms. The zero-order valence-electron chi connectivity index (χ0n) is 16.6. The third kappa shape index (κ3) is 3.21. The minimum atomic E-state index is 0.138. The summed E-state index contributed by atoms with van der Waals surface area (Å²) < 4.78 is 2.54. The standard InChI is InChI=1S/C23H28N4S/c1-2-25-15-21-22(19-8-4-3-5-9-19)24-18-27(21)23(16-25)11-7-12-26(17-23)14-20-10-6-13-28-20/h3-6,8-10,13,18H,2,7,11-12,14-17H2,1H3. The normalized spacial score (nSPS) is 23.2. The van der Waals surface area contributed by atoms with Gasteiger partial charge in [-0.25, -0.2) is 4.98 Å². The van der Waals surface area contributed by atoms with Crippen molar-refractivity contribution >= 4 is 11.3 Å². The highest BCUT2D eigenvalue weighted by Crippen LogP contribution is 2.38. The van der Waals surface area contributed by atoms with Crippen molar-refractivity contribution in [2.45, 2.75) is 38.4 Å². The van der Waals surface area contributed by atoms with Gasteiger partial charge >= 0.3 is 0 Å². The van der Waals surface area contributed by atoms with Crippen LogP contribution in [0.1, 0.15) is 30.3 Å². The topological polar surface area (TPSA) is 24.3 Å². The summed E-state index contributed by atoms with van der Waals surface area (Å²) in [6.45, 7) is 8.87. The SMILES string of the molecule is CCN1Cc2c(-c3ccccc3)ncn2C2(CCCN(Cc3cccs3)C2)C1. The minimum Gasteiger partial charge on any atom is -0.324 e. The first kappa shape index (κ1) is 18.1. The van der Waals surface area contributed by atoms with Crippen molar-refractivity contribution in [3.8, 4) is 11.3 Å². The van der Waals surface area contributed by atoms with Gasteiger partial charge in [-0.2, -0.15) is 0 Å². The van der Waals surface area contributed by atoms with Crippen molar-refractivity contribution in [1.29, 1.82) is 0 Å². The van der Waals surface area contributed by atoms with E-state index in [2.05, 4.69) is 75.5 Å². The minimum absolute atomic E-state index is 0.138. The number of likely N-dealkylation sites (tertiary alicyclic amines) is 1. The summed E-state index contributed by atoms with van der Waals surface area (Å²) in [5.74, 6) is 0. The summed E-state index contributed by atoms with van der Waals surface area (Å²) in [6.07, 6.45) is 4.61. The number of rotatable bonds is 4. The zero-order chi connectivity index (χ0) is 19.0. The Hall–Kier alpha value is -1.95. The Morgan fingerprint density at radius 2 is 1.93 bits per heavy atom. The Labute approximate surface area is 171 Å². The molecule has 5 rings (SSSR count). The van der Waals surface area contributed by atoms with E-state index in [1.165, 1.54) is 35.5 Å². The molecule has 4 heterocycles. The molecule has 2 aliphatic rings. The Bertz CT molecular complexity index is 917. The fourth-order valence-corrected chi connectivity index (χ4v) is 5.79. The van der Waals surface area contributed by atoms with Gasteiger partial charge < -0.3 is 4.57 Å². The van der Waals surface area contributed by atoms with Gasteiger partial charge in [-0.3, -0.25) is 9.80 Å². The summed E-state index contributed by atoms with van der Waals surface area (Å²) in [5.41, 5.74) is 3.92. The van der Waals surface area contributed by atoms with Gasteiger partial charge in [0.2, 0.25) is 0 Å². The van der Waals surface area contributed by atoms with Crippen LogP contribution < -0.4 is 0 Å². The van der Waals surface area contributed by atoms with Crippen LogP contribution in [0.2, 0.25) is 0 Å². The predicted molar refractivity (Wildman–Crippen MR) is 115 cm³/mol. The quantitative estimate of drug-likeness (QED) is 0.656. The van der Waals surface area contributed by atoms with Gasteiger partial charge in [0.05, 0.1) is 23.3 Å². The van der Waals surface area contributed by atoms with Gasteiger partial charge in [0.1, 0.15) is 0 Å². The van der Waals surface area contributed by atoms with E-state index in [4.69, 9.17) is 4.98 Å². The van der Waals surface area contributed by atoms with Crippen LogP contribution in [0.25, 0.3) is 11.3 Å². The number of benzene rings is 1. The van der Waals surface area contributed by atoms with E-state index >= 15 is 0 Å². The number of aromatic nitrogens is 2. The molecule has 146 valence electrons. The third-order valence-corrected chi connectivity index (χ3v) is 7.22. The lowest BCUT2D eigenvalue weighted by atomic mass is 9.85. The number of thiophene rings is 1. The molecular weight excluding hydrogens is 364 g/mol. The molecule has 2 aromatic heterocycles. The van der Waals surface area contributed by atoms with Crippen LogP contribution in [-0.2, 0) is 18.6 Å². The van der Waals surface area contributed by atoms with E-state index in [1.807, 2.05) is 11.3 Å². The average molecular weight is 393 g/mol. The number of piperidine rings is 1. The highest BCUT2D eigenvalue weighted by atomic mass is 32.1. The van der Waals surface area contributed by atoms with Crippen LogP contribution in [0.3, 0.4) is 0 Å². The summed E-state index contributed by atoms with van der Waals surface area (Å²) in [7, 11) is 0. The van der Waals surface area contributed by atoms with Crippen LogP contribution in [-0.4, -0.2) is 45.5 Å². The van der Waals surface area contributed by atoms with Crippen LogP contribution in [0, 0.1) is 0 Å². The summed E-state index contributed by atoms with van der Waals surface area (Å²) in [4.78, 5) is 11.6. The van der Waals surface area contributed by atoms with E-state index in [0.717, 1.165) is 38.4 Å². The molecule has 1 fully saturated rings. The lowest BCUT2D eigenvalue weighted by Gasteiger charge is -2.49. The summed E-state index contributed by atoms with van der Waals surface area (Å²) in [6, 6.07) is 15.1. The number of hydrogen-bond donors (Lipinski definition) is 0. The van der Waals surface area contributed by atoms with Gasteiger partial charge in [0.15, 0.2) is 0 Å². The molecule has 0 saturated carbocycles. The maximum absolute atomic E-state index is 4.91. The predicted octanol–water partition coefficient (Wildman–Crippen LogP) is 4.44. The van der Waals surface area contributed by atoms with Crippen molar-refractivity contribution in [2.24, 2.45) is 0 Å². The highest BCUT2D eigenvalue weighted by molar-refractivity contribution is 7.09. The van der Waals surface area contributed by atoms with E-state index < -0.39 is 0 Å². The highest BCUT2D eigenvalue weighted by Gasteiger charge is 2.43. The first-order chi connectivity index (χ1) is 13.8. The molecule has 1 unspecified atom stereocenters. The van der Waals surface area contributed by atoms with Crippen molar-refractivity contribution in [3.05, 3.63) is 64.7 Å². The van der Waals surface area contributed by atoms with Crippen molar-refractivity contribution < 1.29 is 0 Å². The van der Waals surface area contributed by atoms with E-state index in [1.54, 1.807) is 0 Å². The summed E-state index contributed by atoms with van der Waals surface area (Å²) in [5, 5.41) is 2.19. The average Bonchev–Trinajstić information content (AvgIpc) is 3.39. The third-order valence-electron chi connectivity index (χ3n) is 6.36.